The molecule has 0 saturated carbocycles. The van der Waals surface area contributed by atoms with Crippen molar-refractivity contribution in [3.63, 3.8) is 0 Å². The monoisotopic (exact) mass is 445 g/mol. The molecule has 0 bridgehead atoms. The number of hydrogen-bond donors (Lipinski definition) is 3. The lowest BCUT2D eigenvalue weighted by atomic mass is 9.94. The molecule has 6 nitrogen and oxygen atoms in total. The molecule has 3 amide bonds. The first-order valence-corrected chi connectivity index (χ1v) is 10.1. The molecule has 1 heterocycles. The van der Waals surface area contributed by atoms with Gasteiger partial charge in [0.25, 0.3) is 11.6 Å². The van der Waals surface area contributed by atoms with Crippen LogP contribution < -0.4 is 15.5 Å². The highest BCUT2D eigenvalue weighted by molar-refractivity contribution is 9.10. The van der Waals surface area contributed by atoms with E-state index in [0.717, 1.165) is 16.9 Å². The zero-order valence-corrected chi connectivity index (χ0v) is 17.7. The van der Waals surface area contributed by atoms with Crippen molar-refractivity contribution < 1.29 is 14.7 Å². The van der Waals surface area contributed by atoms with Gasteiger partial charge in [0.1, 0.15) is 0 Å². The topological polar surface area (TPSA) is 81.7 Å². The lowest BCUT2D eigenvalue weighted by molar-refractivity contribution is -0.140. The van der Waals surface area contributed by atoms with E-state index < -0.39 is 17.7 Å². The predicted octanol–water partition coefficient (Wildman–Crippen LogP) is 4.12. The van der Waals surface area contributed by atoms with E-state index >= 15 is 0 Å². The first-order chi connectivity index (χ1) is 13.3. The second-order valence-corrected chi connectivity index (χ2v) is 7.85. The largest absolute Gasteiger partial charge is 0.359 e. The van der Waals surface area contributed by atoms with Gasteiger partial charge in [0.15, 0.2) is 0 Å². The molecule has 2 aromatic carbocycles. The number of anilines is 2. The Bertz CT molecular complexity index is 900. The van der Waals surface area contributed by atoms with E-state index in [9.17, 15) is 14.7 Å². The van der Waals surface area contributed by atoms with Gasteiger partial charge in [-0.05, 0) is 55.7 Å². The molecule has 3 rings (SSSR count). The summed E-state index contributed by atoms with van der Waals surface area (Å²) in [6.45, 7) is 5.83. The van der Waals surface area contributed by atoms with Crippen LogP contribution in [0.2, 0.25) is 0 Å². The van der Waals surface area contributed by atoms with Crippen molar-refractivity contribution in [2.24, 2.45) is 0 Å². The van der Waals surface area contributed by atoms with Gasteiger partial charge >= 0.3 is 6.03 Å². The number of aliphatic hydroxyl groups is 1. The minimum absolute atomic E-state index is 0.151. The van der Waals surface area contributed by atoms with Crippen LogP contribution in [0.4, 0.5) is 16.2 Å². The van der Waals surface area contributed by atoms with Gasteiger partial charge in [-0.15, -0.1) is 0 Å². The fourth-order valence-electron chi connectivity index (χ4n) is 3.19. The summed E-state index contributed by atoms with van der Waals surface area (Å²) < 4.78 is 0.693. The van der Waals surface area contributed by atoms with Gasteiger partial charge in [-0.3, -0.25) is 9.69 Å². The van der Waals surface area contributed by atoms with Crippen LogP contribution in [-0.4, -0.2) is 23.1 Å². The van der Waals surface area contributed by atoms with Crippen LogP contribution in [0.25, 0.3) is 0 Å². The van der Waals surface area contributed by atoms with E-state index in [1.54, 1.807) is 30.3 Å². The lowest BCUT2D eigenvalue weighted by Crippen LogP contribution is -2.63. The summed E-state index contributed by atoms with van der Waals surface area (Å²) in [7, 11) is 0. The maximum Gasteiger partial charge on any atom is 0.329 e. The molecule has 148 valence electrons. The van der Waals surface area contributed by atoms with Gasteiger partial charge in [-0.2, -0.15) is 0 Å². The highest BCUT2D eigenvalue weighted by Crippen LogP contribution is 2.41. The van der Waals surface area contributed by atoms with Crippen LogP contribution in [0.15, 0.2) is 46.9 Å². The number of halogens is 1. The molecule has 0 unspecified atom stereocenters. The summed E-state index contributed by atoms with van der Waals surface area (Å²) >= 11 is 3.39. The van der Waals surface area contributed by atoms with Crippen LogP contribution in [0.5, 0.6) is 0 Å². The van der Waals surface area contributed by atoms with E-state index in [1.165, 1.54) is 0 Å². The third kappa shape index (κ3) is 3.52. The molecule has 0 saturated heterocycles. The number of aryl methyl sites for hydroxylation is 1. The van der Waals surface area contributed by atoms with E-state index in [2.05, 4.69) is 26.6 Å². The first-order valence-electron chi connectivity index (χ1n) is 9.34. The smallest absolute Gasteiger partial charge is 0.329 e. The molecular formula is C21H24BrN3O3. The third-order valence-corrected chi connectivity index (χ3v) is 5.53. The molecule has 0 aliphatic carbocycles. The molecule has 1 aliphatic heterocycles. The van der Waals surface area contributed by atoms with E-state index in [-0.39, 0.29) is 6.04 Å². The van der Waals surface area contributed by atoms with Crippen LogP contribution >= 0.6 is 15.9 Å². The number of urea groups is 1. The van der Waals surface area contributed by atoms with Crippen molar-refractivity contribution >= 4 is 39.2 Å². The van der Waals surface area contributed by atoms with Crippen molar-refractivity contribution in [2.45, 2.75) is 45.4 Å². The van der Waals surface area contributed by atoms with E-state index in [0.29, 0.717) is 27.8 Å². The molecule has 0 spiro atoms. The number of fused-ring (bicyclic) bond motifs is 1. The summed E-state index contributed by atoms with van der Waals surface area (Å²) in [6.07, 6.45) is 1.55. The second kappa shape index (κ2) is 7.93. The summed E-state index contributed by atoms with van der Waals surface area (Å²) in [5.74, 6) is -0.643. The van der Waals surface area contributed by atoms with Crippen LogP contribution in [0.1, 0.15) is 38.3 Å². The van der Waals surface area contributed by atoms with E-state index in [4.69, 9.17) is 0 Å². The molecular weight excluding hydrogens is 422 g/mol. The number of carbonyl (C=O) groups is 2. The Balaban J connectivity index is 2.17. The Morgan fingerprint density at radius 3 is 2.54 bits per heavy atom. The highest BCUT2D eigenvalue weighted by Gasteiger charge is 2.52. The fraction of sp³-hybridized carbons (Fsp3) is 0.333. The van der Waals surface area contributed by atoms with Crippen LogP contribution in [-0.2, 0) is 16.9 Å². The molecule has 0 radical (unpaired) electrons. The van der Waals surface area contributed by atoms with Gasteiger partial charge in [-0.25, -0.2) is 4.79 Å². The summed E-state index contributed by atoms with van der Waals surface area (Å²) in [5, 5.41) is 17.3. The van der Waals surface area contributed by atoms with Crippen LogP contribution in [0.3, 0.4) is 0 Å². The maximum absolute atomic E-state index is 13.2. The highest BCUT2D eigenvalue weighted by atomic mass is 79.9. The quantitative estimate of drug-likeness (QED) is 0.646. The molecule has 0 fully saturated rings. The molecule has 1 aliphatic rings. The summed E-state index contributed by atoms with van der Waals surface area (Å²) in [6, 6.07) is 11.6. The minimum Gasteiger partial charge on any atom is -0.359 e. The normalized spacial score (nSPS) is 19.6. The average molecular weight is 446 g/mol. The Hall–Kier alpha value is -2.38. The van der Waals surface area contributed by atoms with Crippen molar-refractivity contribution in [1.82, 2.24) is 5.32 Å². The Labute approximate surface area is 173 Å². The molecule has 0 aromatic heterocycles. The van der Waals surface area contributed by atoms with Crippen LogP contribution in [0, 0.1) is 0 Å². The zero-order valence-electron chi connectivity index (χ0n) is 16.1. The maximum atomic E-state index is 13.2. The molecule has 28 heavy (non-hydrogen) atoms. The number of nitrogens with one attached hydrogen (secondary N) is 2. The number of rotatable bonds is 5. The Morgan fingerprint density at radius 1 is 1.25 bits per heavy atom. The van der Waals surface area contributed by atoms with Gasteiger partial charge in [0.05, 0.1) is 5.69 Å². The van der Waals surface area contributed by atoms with Gasteiger partial charge in [0, 0.05) is 21.8 Å². The molecule has 2 atom stereocenters. The number of benzene rings is 2. The minimum atomic E-state index is -2.18. The first kappa shape index (κ1) is 20.4. The van der Waals surface area contributed by atoms with Gasteiger partial charge < -0.3 is 15.7 Å². The zero-order chi connectivity index (χ0) is 20.5. The fourth-order valence-corrected chi connectivity index (χ4v) is 3.55. The second-order valence-electron chi connectivity index (χ2n) is 6.93. The van der Waals surface area contributed by atoms with Crippen molar-refractivity contribution in [3.05, 3.63) is 58.1 Å². The van der Waals surface area contributed by atoms with Gasteiger partial charge in [0.2, 0.25) is 0 Å². The number of hydrogen-bond acceptors (Lipinski definition) is 3. The van der Waals surface area contributed by atoms with E-state index in [1.807, 2.05) is 32.9 Å². The molecule has 3 N–H and O–H groups in total. The van der Waals surface area contributed by atoms with Crippen molar-refractivity contribution in [1.29, 1.82) is 0 Å². The molecule has 2 aromatic rings. The number of nitrogens with zero attached hydrogens (tertiary/aromatic N) is 1. The predicted molar refractivity (Wildman–Crippen MR) is 113 cm³/mol. The Kier molecular flexibility index (Phi) is 5.76. The SMILES string of the molecule is CCc1ccc(N2C(=O)Nc3ccc(Br)cc3[C@]2(O)C(=O)N[C@H](C)CC)cc1. The van der Waals surface area contributed by atoms with Gasteiger partial charge in [-0.1, -0.05) is 41.9 Å². The van der Waals surface area contributed by atoms with Crippen molar-refractivity contribution in [3.8, 4) is 0 Å². The summed E-state index contributed by atoms with van der Waals surface area (Å²) in [5.41, 5.74) is 0.0517. The lowest BCUT2D eigenvalue weighted by Gasteiger charge is -2.43. The number of carbonyl (C=O) groups excluding carboxylic acids is 2. The Morgan fingerprint density at radius 2 is 1.93 bits per heavy atom. The standard InChI is InChI=1S/C21H24BrN3O3/c1-4-13(3)23-19(26)21(28)17-12-15(22)8-11-18(17)24-20(27)25(21)16-9-6-14(5-2)7-10-16/h6-13,28H,4-5H2,1-3H3,(H,23,26)(H,24,27)/t13-,21+/m1/s1. The average Bonchev–Trinajstić information content (AvgIpc) is 2.69. The number of amides is 3. The summed E-state index contributed by atoms with van der Waals surface area (Å²) in [4.78, 5) is 27.3. The van der Waals surface area contributed by atoms with Crippen molar-refractivity contribution in [2.75, 3.05) is 10.2 Å². The third-order valence-electron chi connectivity index (χ3n) is 5.03. The molecule has 7 heteroatoms.